The minimum Gasteiger partial charge on any atom is -0.489 e. The topological polar surface area (TPSA) is 90.4 Å². The van der Waals surface area contributed by atoms with Gasteiger partial charge in [-0.05, 0) is 31.2 Å². The zero-order valence-corrected chi connectivity index (χ0v) is 17.4. The van der Waals surface area contributed by atoms with Gasteiger partial charge in [0.25, 0.3) is 0 Å². The third-order valence-corrected chi connectivity index (χ3v) is 5.63. The summed E-state index contributed by atoms with van der Waals surface area (Å²) in [5.41, 5.74) is 1.25. The number of nitrogens with zero attached hydrogens (tertiary/aromatic N) is 3. The van der Waals surface area contributed by atoms with Gasteiger partial charge in [0.15, 0.2) is 11.6 Å². The molecule has 0 spiro atoms. The number of fused-ring (bicyclic) bond motifs is 1. The van der Waals surface area contributed by atoms with Gasteiger partial charge in [-0.15, -0.1) is 0 Å². The summed E-state index contributed by atoms with van der Waals surface area (Å²) < 4.78 is 31.7. The van der Waals surface area contributed by atoms with Gasteiger partial charge in [-0.1, -0.05) is 11.6 Å². The maximum Gasteiger partial charge on any atom is 0.214 e. The first kappa shape index (κ1) is 20.2. The smallest absolute Gasteiger partial charge is 0.214 e. The third kappa shape index (κ3) is 4.34. The largest absolute Gasteiger partial charge is 0.489 e. The van der Waals surface area contributed by atoms with Crippen LogP contribution in [-0.2, 0) is 4.74 Å². The summed E-state index contributed by atoms with van der Waals surface area (Å²) in [6.07, 6.45) is 3.34. The van der Waals surface area contributed by atoms with Crippen LogP contribution in [-0.4, -0.2) is 53.5 Å². The number of pyridine rings is 1. The molecule has 3 aromatic rings. The summed E-state index contributed by atoms with van der Waals surface area (Å²) in [6, 6.07) is 6.74. The second-order valence-electron chi connectivity index (χ2n) is 7.43. The van der Waals surface area contributed by atoms with E-state index in [1.165, 1.54) is 6.33 Å². The van der Waals surface area contributed by atoms with E-state index in [1.807, 2.05) is 0 Å². The highest BCUT2D eigenvalue weighted by Crippen LogP contribution is 2.34. The van der Waals surface area contributed by atoms with Crippen LogP contribution in [0.3, 0.4) is 0 Å². The zero-order valence-electron chi connectivity index (χ0n) is 16.6. The van der Waals surface area contributed by atoms with Gasteiger partial charge < -0.3 is 24.8 Å². The van der Waals surface area contributed by atoms with Gasteiger partial charge >= 0.3 is 0 Å². The summed E-state index contributed by atoms with van der Waals surface area (Å²) in [4.78, 5) is 13.0. The molecule has 10 heteroatoms. The van der Waals surface area contributed by atoms with Crippen LogP contribution in [0.5, 0.6) is 11.6 Å². The maximum atomic E-state index is 14.9. The van der Waals surface area contributed by atoms with Crippen molar-refractivity contribution in [3.8, 4) is 11.6 Å². The summed E-state index contributed by atoms with van der Waals surface area (Å²) in [5.74, 6) is 0.461. The highest BCUT2D eigenvalue weighted by molar-refractivity contribution is 6.32. The highest BCUT2D eigenvalue weighted by Gasteiger charge is 2.21. The van der Waals surface area contributed by atoms with Crippen LogP contribution >= 0.6 is 11.6 Å². The Morgan fingerprint density at radius 3 is 2.90 bits per heavy atom. The maximum absolute atomic E-state index is 14.9. The van der Waals surface area contributed by atoms with E-state index < -0.39 is 5.82 Å². The second-order valence-corrected chi connectivity index (χ2v) is 7.81. The fourth-order valence-corrected chi connectivity index (χ4v) is 3.66. The molecule has 0 aliphatic carbocycles. The Labute approximate surface area is 183 Å². The van der Waals surface area contributed by atoms with E-state index in [4.69, 9.17) is 25.8 Å². The van der Waals surface area contributed by atoms with Gasteiger partial charge in [0.1, 0.15) is 35.3 Å². The SMILES string of the molecule is Fc1c(Nc2ncnc3ccc(O[C@H]4CCNC4)nc23)ccc(OCC2CCO2)c1Cl. The first-order valence-corrected chi connectivity index (χ1v) is 10.5. The first-order valence-electron chi connectivity index (χ1n) is 10.2. The molecular weight excluding hydrogens is 425 g/mol. The number of hydrogen-bond acceptors (Lipinski definition) is 8. The van der Waals surface area contributed by atoms with Gasteiger partial charge in [0.2, 0.25) is 5.88 Å². The van der Waals surface area contributed by atoms with Crippen LogP contribution in [0.25, 0.3) is 11.0 Å². The number of nitrogens with one attached hydrogen (secondary N) is 2. The van der Waals surface area contributed by atoms with Crippen LogP contribution in [0.2, 0.25) is 5.02 Å². The summed E-state index contributed by atoms with van der Waals surface area (Å²) >= 11 is 6.19. The van der Waals surface area contributed by atoms with Crippen LogP contribution in [0.15, 0.2) is 30.6 Å². The lowest BCUT2D eigenvalue weighted by atomic mass is 10.2. The van der Waals surface area contributed by atoms with Crippen molar-refractivity contribution >= 4 is 34.1 Å². The minimum absolute atomic E-state index is 0.0341. The third-order valence-electron chi connectivity index (χ3n) is 5.28. The normalized spacial score (nSPS) is 20.5. The Morgan fingerprint density at radius 2 is 2.13 bits per heavy atom. The predicted molar refractivity (Wildman–Crippen MR) is 114 cm³/mol. The van der Waals surface area contributed by atoms with Crippen molar-refractivity contribution in [2.24, 2.45) is 0 Å². The van der Waals surface area contributed by atoms with E-state index >= 15 is 0 Å². The number of rotatable bonds is 7. The van der Waals surface area contributed by atoms with Crippen LogP contribution in [0, 0.1) is 5.82 Å². The van der Waals surface area contributed by atoms with Crippen molar-refractivity contribution in [2.75, 3.05) is 31.6 Å². The van der Waals surface area contributed by atoms with E-state index in [-0.39, 0.29) is 28.7 Å². The number of benzene rings is 1. The van der Waals surface area contributed by atoms with Gasteiger partial charge in [-0.3, -0.25) is 0 Å². The molecule has 2 saturated heterocycles. The Hall–Kier alpha value is -2.75. The molecule has 4 heterocycles. The van der Waals surface area contributed by atoms with Crippen molar-refractivity contribution in [3.05, 3.63) is 41.4 Å². The number of hydrogen-bond donors (Lipinski definition) is 2. The average Bonchev–Trinajstić information content (AvgIpc) is 3.25. The first-order chi connectivity index (χ1) is 15.2. The molecule has 2 atom stereocenters. The van der Waals surface area contributed by atoms with Gasteiger partial charge in [0, 0.05) is 25.6 Å². The van der Waals surface area contributed by atoms with E-state index in [1.54, 1.807) is 24.3 Å². The quantitative estimate of drug-likeness (QED) is 0.571. The Morgan fingerprint density at radius 1 is 1.23 bits per heavy atom. The molecule has 8 nitrogen and oxygen atoms in total. The summed E-state index contributed by atoms with van der Waals surface area (Å²) in [5, 5.41) is 6.12. The van der Waals surface area contributed by atoms with Crippen molar-refractivity contribution in [2.45, 2.75) is 25.0 Å². The van der Waals surface area contributed by atoms with Gasteiger partial charge in [0.05, 0.1) is 17.3 Å². The van der Waals surface area contributed by atoms with Crippen molar-refractivity contribution < 1.29 is 18.6 Å². The molecule has 0 bridgehead atoms. The molecular formula is C21H21ClFN5O3. The van der Waals surface area contributed by atoms with Crippen LogP contribution < -0.4 is 20.1 Å². The highest BCUT2D eigenvalue weighted by atomic mass is 35.5. The lowest BCUT2D eigenvalue weighted by Crippen LogP contribution is -2.32. The van der Waals surface area contributed by atoms with E-state index in [0.717, 1.165) is 32.5 Å². The molecule has 162 valence electrons. The average molecular weight is 446 g/mol. The van der Waals surface area contributed by atoms with E-state index in [2.05, 4.69) is 25.6 Å². The van der Waals surface area contributed by atoms with Crippen LogP contribution in [0.4, 0.5) is 15.9 Å². The Bertz CT molecular complexity index is 1090. The monoisotopic (exact) mass is 445 g/mol. The molecule has 5 rings (SSSR count). The molecule has 31 heavy (non-hydrogen) atoms. The van der Waals surface area contributed by atoms with Gasteiger partial charge in [-0.2, -0.15) is 0 Å². The number of ether oxygens (including phenoxy) is 3. The van der Waals surface area contributed by atoms with Crippen molar-refractivity contribution in [3.63, 3.8) is 0 Å². The second kappa shape index (κ2) is 8.78. The molecule has 2 aromatic heterocycles. The Kier molecular flexibility index (Phi) is 5.71. The minimum atomic E-state index is -0.634. The Balaban J connectivity index is 1.38. The molecule has 2 fully saturated rings. The number of halogens is 2. The molecule has 0 saturated carbocycles. The number of anilines is 2. The van der Waals surface area contributed by atoms with E-state index in [0.29, 0.717) is 29.3 Å². The standard InChI is InChI=1S/C21H21ClFN5O3/c22-18-16(30-10-13-6-8-29-13)3-1-14(19(18)23)27-21-20-15(25-11-26-21)2-4-17(28-20)31-12-5-7-24-9-12/h1-4,11-13,24H,5-10H2,(H,25,26,27)/t12-,13?/m0/s1. The fourth-order valence-electron chi connectivity index (χ4n) is 3.44. The molecule has 0 amide bonds. The molecule has 2 aliphatic heterocycles. The molecule has 0 radical (unpaired) electrons. The molecule has 1 unspecified atom stereocenters. The number of aromatic nitrogens is 3. The van der Waals surface area contributed by atoms with Gasteiger partial charge in [-0.25, -0.2) is 19.3 Å². The van der Waals surface area contributed by atoms with E-state index in [9.17, 15) is 4.39 Å². The van der Waals surface area contributed by atoms with Crippen molar-refractivity contribution in [1.29, 1.82) is 0 Å². The lowest BCUT2D eigenvalue weighted by molar-refractivity contribution is -0.0721. The van der Waals surface area contributed by atoms with Crippen LogP contribution in [0.1, 0.15) is 12.8 Å². The predicted octanol–water partition coefficient (Wildman–Crippen LogP) is 3.47. The zero-order chi connectivity index (χ0) is 21.2. The lowest BCUT2D eigenvalue weighted by Gasteiger charge is -2.26. The fraction of sp³-hybridized carbons (Fsp3) is 0.381. The summed E-state index contributed by atoms with van der Waals surface area (Å²) in [6.45, 7) is 2.76. The summed E-state index contributed by atoms with van der Waals surface area (Å²) in [7, 11) is 0. The van der Waals surface area contributed by atoms with Crippen molar-refractivity contribution in [1.82, 2.24) is 20.3 Å². The molecule has 1 aromatic carbocycles. The molecule has 2 N–H and O–H groups in total. The molecule has 2 aliphatic rings.